The fourth-order valence-corrected chi connectivity index (χ4v) is 8.72. The van der Waals surface area contributed by atoms with E-state index in [2.05, 4.69) is 40.0 Å². The molecule has 0 aromatic heterocycles. The molecule has 372 valence electrons. The molecule has 0 radical (unpaired) electrons. The molecule has 68 heavy (non-hydrogen) atoms. The van der Waals surface area contributed by atoms with Crippen LogP contribution in [0.1, 0.15) is 156 Å². The van der Waals surface area contributed by atoms with E-state index in [1.165, 1.54) is 101 Å². The Morgan fingerprint density at radius 3 is 1.56 bits per heavy atom. The zero-order chi connectivity index (χ0) is 49.7. The highest BCUT2D eigenvalue weighted by atomic mass is 32.2. The van der Waals surface area contributed by atoms with E-state index in [1.54, 1.807) is 0 Å². The van der Waals surface area contributed by atoms with Crippen LogP contribution >= 0.6 is 0 Å². The maximum absolute atomic E-state index is 13.0. The molecule has 0 atom stereocenters. The van der Waals surface area contributed by atoms with Crippen LogP contribution in [0.5, 0.6) is 23.0 Å². The van der Waals surface area contributed by atoms with Gasteiger partial charge in [0.1, 0.15) is 22.1 Å². The number of carbonyl (C=O) groups is 3. The van der Waals surface area contributed by atoms with Crippen molar-refractivity contribution in [1.29, 1.82) is 0 Å². The van der Waals surface area contributed by atoms with Crippen LogP contribution in [0.25, 0.3) is 10.8 Å². The SMILES string of the molecule is CCCCCCCCCCCCCCCC(=O)Nc1cc(Oc2ccc(N=Nc3c(S(=O)(=O)O)cc4cc(S(=O)(=O)O)cc(NC(=O)CC)c4c3O)cc2)c(NC(=O)CCCCCCC)cc1O. The summed E-state index contributed by atoms with van der Waals surface area (Å²) in [7, 11) is -10.0. The summed E-state index contributed by atoms with van der Waals surface area (Å²) < 4.78 is 75.1. The standard InChI is InChI=1S/C49H67N5O12S2/c1-4-7-9-11-12-13-14-15-16-17-18-20-22-23-45(57)50-38-33-42(39(32-41(38)55)51-46(58)24-21-19-10-8-5-2)66-36-27-25-35(26-28-36)53-54-48-43(68(63,64)65)30-34-29-37(67(60,61)62)31-40(47(34)49(48)59)52-44(56)6-3/h25-33,55,59H,4-24H2,1-3H3,(H,50,57)(H,51,58)(H,52,56)(H,60,61,62)(H,63,64,65). The van der Waals surface area contributed by atoms with Crippen LogP contribution in [0.15, 0.2) is 74.6 Å². The second-order valence-corrected chi connectivity index (χ2v) is 19.7. The molecule has 4 aromatic carbocycles. The van der Waals surface area contributed by atoms with E-state index in [4.69, 9.17) is 4.74 Å². The summed E-state index contributed by atoms with van der Waals surface area (Å²) >= 11 is 0. The Balaban J connectivity index is 1.52. The average molecular weight is 982 g/mol. The molecular formula is C49H67N5O12S2. The molecule has 17 nitrogen and oxygen atoms in total. The van der Waals surface area contributed by atoms with Crippen LogP contribution in [-0.4, -0.2) is 53.9 Å². The van der Waals surface area contributed by atoms with E-state index in [0.29, 0.717) is 12.8 Å². The van der Waals surface area contributed by atoms with Crippen LogP contribution in [0.2, 0.25) is 0 Å². The van der Waals surface area contributed by atoms with Gasteiger partial charge in [0, 0.05) is 36.8 Å². The number of amides is 3. The Morgan fingerprint density at radius 2 is 1.06 bits per heavy atom. The molecule has 4 aromatic rings. The number of carbonyl (C=O) groups excluding carboxylic acids is 3. The van der Waals surface area contributed by atoms with Gasteiger partial charge in [-0.1, -0.05) is 124 Å². The number of ether oxygens (including phenoxy) is 1. The van der Waals surface area contributed by atoms with Crippen molar-refractivity contribution in [2.24, 2.45) is 10.2 Å². The molecule has 0 aliphatic carbocycles. The van der Waals surface area contributed by atoms with Crippen LogP contribution in [0.3, 0.4) is 0 Å². The van der Waals surface area contributed by atoms with Crippen molar-refractivity contribution in [1.82, 2.24) is 0 Å². The molecule has 0 aliphatic rings. The van der Waals surface area contributed by atoms with Gasteiger partial charge in [0.05, 0.1) is 27.6 Å². The molecule has 0 bridgehead atoms. The predicted octanol–water partition coefficient (Wildman–Crippen LogP) is 13.0. The molecule has 3 amide bonds. The highest BCUT2D eigenvalue weighted by molar-refractivity contribution is 7.86. The van der Waals surface area contributed by atoms with Crippen molar-refractivity contribution in [3.05, 3.63) is 54.6 Å². The van der Waals surface area contributed by atoms with Crippen molar-refractivity contribution >= 4 is 77.2 Å². The van der Waals surface area contributed by atoms with Crippen molar-refractivity contribution in [3.8, 4) is 23.0 Å². The second-order valence-electron chi connectivity index (χ2n) is 16.9. The molecule has 0 saturated heterocycles. The lowest BCUT2D eigenvalue weighted by atomic mass is 10.0. The number of fused-ring (bicyclic) bond motifs is 1. The lowest BCUT2D eigenvalue weighted by Crippen LogP contribution is -2.14. The number of azo groups is 1. The monoisotopic (exact) mass is 981 g/mol. The maximum atomic E-state index is 13.0. The fourth-order valence-electron chi connectivity index (χ4n) is 7.52. The molecule has 0 fully saturated rings. The Labute approximate surface area is 400 Å². The first-order chi connectivity index (χ1) is 32.4. The van der Waals surface area contributed by atoms with Gasteiger partial charge in [-0.15, -0.1) is 5.11 Å². The van der Waals surface area contributed by atoms with Gasteiger partial charge in [-0.25, -0.2) is 0 Å². The van der Waals surface area contributed by atoms with E-state index in [9.17, 15) is 50.5 Å². The number of anilines is 3. The fraction of sp³-hybridized carbons (Fsp3) is 0.490. The minimum Gasteiger partial charge on any atom is -0.506 e. The maximum Gasteiger partial charge on any atom is 0.296 e. The Morgan fingerprint density at radius 1 is 0.559 bits per heavy atom. The van der Waals surface area contributed by atoms with E-state index in [1.807, 2.05) is 0 Å². The average Bonchev–Trinajstić information content (AvgIpc) is 3.28. The molecular weight excluding hydrogens is 915 g/mol. The third-order valence-electron chi connectivity index (χ3n) is 11.3. The summed E-state index contributed by atoms with van der Waals surface area (Å²) in [4.78, 5) is 36.7. The van der Waals surface area contributed by atoms with Crippen molar-refractivity contribution < 1.29 is 55.3 Å². The van der Waals surface area contributed by atoms with Gasteiger partial charge in [-0.05, 0) is 60.7 Å². The quantitative estimate of drug-likeness (QED) is 0.0111. The van der Waals surface area contributed by atoms with Crippen LogP contribution in [0, 0.1) is 0 Å². The van der Waals surface area contributed by atoms with E-state index in [-0.39, 0.29) is 81.8 Å². The van der Waals surface area contributed by atoms with E-state index >= 15 is 0 Å². The van der Waals surface area contributed by atoms with Crippen LogP contribution in [-0.2, 0) is 34.6 Å². The summed E-state index contributed by atoms with van der Waals surface area (Å²) in [6.07, 6.45) is 20.4. The first-order valence-corrected chi connectivity index (χ1v) is 26.6. The first-order valence-electron chi connectivity index (χ1n) is 23.7. The number of phenolic OH excluding ortho intramolecular Hbond substituents is 2. The zero-order valence-corrected chi connectivity index (χ0v) is 40.9. The Hall–Kier alpha value is -5.63. The third kappa shape index (κ3) is 17.8. The van der Waals surface area contributed by atoms with Gasteiger partial charge in [0.2, 0.25) is 17.7 Å². The highest BCUT2D eigenvalue weighted by Crippen LogP contribution is 2.46. The number of unbranched alkanes of at least 4 members (excludes halogenated alkanes) is 16. The van der Waals surface area contributed by atoms with Gasteiger partial charge in [0.25, 0.3) is 20.2 Å². The number of hydrogen-bond acceptors (Lipinski definition) is 12. The van der Waals surface area contributed by atoms with Gasteiger partial charge in [-0.3, -0.25) is 23.5 Å². The van der Waals surface area contributed by atoms with Gasteiger partial charge in [0.15, 0.2) is 11.5 Å². The lowest BCUT2D eigenvalue weighted by Gasteiger charge is -2.16. The summed E-state index contributed by atoms with van der Waals surface area (Å²) in [5.74, 6) is -2.02. The first kappa shape index (κ1) is 55.0. The molecule has 0 unspecified atom stereocenters. The molecule has 0 spiro atoms. The smallest absolute Gasteiger partial charge is 0.296 e. The molecule has 0 heterocycles. The number of aromatic hydroxyl groups is 2. The normalized spacial score (nSPS) is 11.8. The van der Waals surface area contributed by atoms with E-state index in [0.717, 1.165) is 63.1 Å². The zero-order valence-electron chi connectivity index (χ0n) is 39.3. The number of hydrogen-bond donors (Lipinski definition) is 7. The van der Waals surface area contributed by atoms with Crippen LogP contribution < -0.4 is 20.7 Å². The van der Waals surface area contributed by atoms with Crippen molar-refractivity contribution in [2.75, 3.05) is 16.0 Å². The van der Waals surface area contributed by atoms with Crippen molar-refractivity contribution in [3.63, 3.8) is 0 Å². The topological polar surface area (TPSA) is 270 Å². The summed E-state index contributed by atoms with van der Waals surface area (Å²) in [6.45, 7) is 5.84. The number of benzene rings is 4. The lowest BCUT2D eigenvalue weighted by molar-refractivity contribution is -0.117. The molecule has 0 aliphatic heterocycles. The van der Waals surface area contributed by atoms with Crippen LogP contribution in [0.4, 0.5) is 28.4 Å². The Kier molecular flexibility index (Phi) is 22.1. The van der Waals surface area contributed by atoms with Gasteiger partial charge >= 0.3 is 0 Å². The summed E-state index contributed by atoms with van der Waals surface area (Å²) in [5, 5.41) is 37.7. The predicted molar refractivity (Wildman–Crippen MR) is 264 cm³/mol. The van der Waals surface area contributed by atoms with Crippen molar-refractivity contribution in [2.45, 2.75) is 165 Å². The summed E-state index contributed by atoms with van der Waals surface area (Å²) in [6, 6.07) is 11.0. The van der Waals surface area contributed by atoms with Gasteiger partial charge < -0.3 is 30.9 Å². The molecule has 19 heteroatoms. The minimum absolute atomic E-state index is 0.0626. The molecule has 7 N–H and O–H groups in total. The number of nitrogens with zero attached hydrogens (tertiary/aromatic N) is 2. The summed E-state index contributed by atoms with van der Waals surface area (Å²) in [5.41, 5.74) is -0.706. The minimum atomic E-state index is -5.14. The second kappa shape index (κ2) is 27.4. The largest absolute Gasteiger partial charge is 0.506 e. The van der Waals surface area contributed by atoms with E-state index < -0.39 is 47.4 Å². The number of nitrogens with one attached hydrogen (secondary N) is 3. The number of phenols is 2. The highest BCUT2D eigenvalue weighted by Gasteiger charge is 2.26. The third-order valence-corrected chi connectivity index (χ3v) is 13.0. The number of rotatable bonds is 30. The van der Waals surface area contributed by atoms with Gasteiger partial charge in [-0.2, -0.15) is 21.9 Å². The Bertz CT molecular complexity index is 2580. The molecule has 0 saturated carbocycles. The molecule has 4 rings (SSSR count).